The Kier molecular flexibility index (Phi) is 2.76. The van der Waals surface area contributed by atoms with Crippen molar-refractivity contribution in [1.29, 1.82) is 10.5 Å². The van der Waals surface area contributed by atoms with Crippen molar-refractivity contribution in [3.05, 3.63) is 10.7 Å². The van der Waals surface area contributed by atoms with Gasteiger partial charge in [-0.25, -0.2) is 0 Å². The summed E-state index contributed by atoms with van der Waals surface area (Å²) < 4.78 is 0. The van der Waals surface area contributed by atoms with E-state index in [1.807, 2.05) is 19.9 Å². The highest BCUT2D eigenvalue weighted by molar-refractivity contribution is 6.30. The van der Waals surface area contributed by atoms with Gasteiger partial charge in [-0.15, -0.1) is 0 Å². The van der Waals surface area contributed by atoms with Crippen molar-refractivity contribution in [3.63, 3.8) is 0 Å². The quantitative estimate of drug-likeness (QED) is 0.737. The first-order valence-electron chi connectivity index (χ1n) is 5.83. The molecule has 1 fully saturated rings. The van der Waals surface area contributed by atoms with Crippen LogP contribution in [0.5, 0.6) is 0 Å². The normalized spacial score (nSPS) is 32.3. The molecule has 2 N–H and O–H groups in total. The number of nitrogens with one attached hydrogen (secondary N) is 2. The van der Waals surface area contributed by atoms with Gasteiger partial charge in [-0.2, -0.15) is 10.5 Å². The summed E-state index contributed by atoms with van der Waals surface area (Å²) >= 11 is 5.99. The first-order chi connectivity index (χ1) is 8.53. The average Bonchev–Trinajstić information content (AvgIpc) is 2.53. The molecule has 1 saturated heterocycles. The molecule has 2 rings (SSSR count). The molecule has 5 nitrogen and oxygen atoms in total. The Balaban J connectivity index is 2.81. The molecule has 2 aliphatic heterocycles. The van der Waals surface area contributed by atoms with Gasteiger partial charge >= 0.3 is 0 Å². The molecule has 0 aromatic heterocycles. The second-order valence-corrected chi connectivity index (χ2v) is 4.95. The van der Waals surface area contributed by atoms with E-state index >= 15 is 0 Å². The van der Waals surface area contributed by atoms with Crippen LogP contribution in [0.15, 0.2) is 10.7 Å². The SMILES string of the molecule is CCC1(CC)[C@@H]2NC(=O)[C@]1(C#N)C(C#N)=C(Cl)N2. The van der Waals surface area contributed by atoms with E-state index in [2.05, 4.69) is 16.7 Å². The first kappa shape index (κ1) is 12.7. The van der Waals surface area contributed by atoms with Crippen LogP contribution in [0, 0.1) is 33.5 Å². The predicted molar refractivity (Wildman–Crippen MR) is 64.6 cm³/mol. The molecule has 0 unspecified atom stereocenters. The van der Waals surface area contributed by atoms with Crippen LogP contribution >= 0.6 is 11.6 Å². The topological polar surface area (TPSA) is 88.7 Å². The van der Waals surface area contributed by atoms with E-state index in [-0.39, 0.29) is 10.7 Å². The van der Waals surface area contributed by atoms with Crippen molar-refractivity contribution in [3.8, 4) is 12.1 Å². The van der Waals surface area contributed by atoms with Crippen LogP contribution in [0.3, 0.4) is 0 Å². The molecule has 2 heterocycles. The second-order valence-electron chi connectivity index (χ2n) is 4.58. The van der Waals surface area contributed by atoms with Crippen LogP contribution in [0.1, 0.15) is 26.7 Å². The fourth-order valence-corrected chi connectivity index (χ4v) is 3.55. The summed E-state index contributed by atoms with van der Waals surface area (Å²) in [5.74, 6) is -0.432. The van der Waals surface area contributed by atoms with Crippen molar-refractivity contribution in [2.75, 3.05) is 0 Å². The highest BCUT2D eigenvalue weighted by atomic mass is 35.5. The zero-order valence-corrected chi connectivity index (χ0v) is 10.9. The van der Waals surface area contributed by atoms with E-state index < -0.39 is 22.9 Å². The highest BCUT2D eigenvalue weighted by Gasteiger charge is 2.69. The molecule has 0 aliphatic carbocycles. The van der Waals surface area contributed by atoms with Crippen LogP contribution in [0.2, 0.25) is 0 Å². The lowest BCUT2D eigenvalue weighted by Gasteiger charge is -2.44. The molecular weight excluding hydrogens is 252 g/mol. The Hall–Kier alpha value is -1.72. The Morgan fingerprint density at radius 2 is 1.94 bits per heavy atom. The summed E-state index contributed by atoms with van der Waals surface area (Å²) in [6.07, 6.45) is 0.801. The lowest BCUT2D eigenvalue weighted by Crippen LogP contribution is -2.55. The Morgan fingerprint density at radius 1 is 1.33 bits per heavy atom. The maximum Gasteiger partial charge on any atom is 0.248 e. The number of nitriles is 2. The zero-order valence-electron chi connectivity index (χ0n) is 10.2. The molecule has 0 radical (unpaired) electrons. The Morgan fingerprint density at radius 3 is 2.39 bits per heavy atom. The molecule has 6 heteroatoms. The fraction of sp³-hybridized carbons (Fsp3) is 0.583. The number of halogens is 1. The molecule has 1 amide bonds. The predicted octanol–water partition coefficient (Wildman–Crippen LogP) is 1.34. The van der Waals surface area contributed by atoms with Gasteiger partial charge in [0.15, 0.2) is 5.41 Å². The van der Waals surface area contributed by atoms with Gasteiger partial charge < -0.3 is 10.6 Å². The molecule has 2 atom stereocenters. The number of hydrogen-bond donors (Lipinski definition) is 2. The van der Waals surface area contributed by atoms with E-state index in [4.69, 9.17) is 11.6 Å². The summed E-state index contributed by atoms with van der Waals surface area (Å²) in [6.45, 7) is 3.83. The largest absolute Gasteiger partial charge is 0.354 e. The lowest BCUT2D eigenvalue weighted by molar-refractivity contribution is -0.125. The van der Waals surface area contributed by atoms with Gasteiger partial charge in [-0.1, -0.05) is 25.4 Å². The highest BCUT2D eigenvalue weighted by Crippen LogP contribution is 2.58. The van der Waals surface area contributed by atoms with Crippen molar-refractivity contribution in [1.82, 2.24) is 10.6 Å². The van der Waals surface area contributed by atoms with E-state index in [1.54, 1.807) is 0 Å². The maximum atomic E-state index is 12.2. The van der Waals surface area contributed by atoms with Gasteiger partial charge in [0, 0.05) is 5.41 Å². The van der Waals surface area contributed by atoms with Crippen LogP contribution in [0.25, 0.3) is 0 Å². The van der Waals surface area contributed by atoms with E-state index in [0.29, 0.717) is 12.8 Å². The summed E-state index contributed by atoms with van der Waals surface area (Å²) in [5.41, 5.74) is -2.08. The Bertz CT molecular complexity index is 523. The molecule has 0 aromatic rings. The van der Waals surface area contributed by atoms with Gasteiger partial charge in [0.25, 0.3) is 0 Å². The number of carbonyl (C=O) groups is 1. The van der Waals surface area contributed by atoms with Crippen molar-refractivity contribution >= 4 is 17.5 Å². The van der Waals surface area contributed by atoms with Crippen molar-refractivity contribution in [2.24, 2.45) is 10.8 Å². The summed E-state index contributed by atoms with van der Waals surface area (Å²) in [6, 6.07) is 3.99. The molecule has 0 spiro atoms. The monoisotopic (exact) mass is 264 g/mol. The summed E-state index contributed by atoms with van der Waals surface area (Å²) in [4.78, 5) is 12.2. The first-order valence-corrected chi connectivity index (χ1v) is 6.21. The molecule has 0 saturated carbocycles. The minimum absolute atomic E-state index is 0.0293. The third kappa shape index (κ3) is 1.08. The number of fused-ring (bicyclic) bond motifs is 2. The van der Waals surface area contributed by atoms with Crippen LogP contribution in [0.4, 0.5) is 0 Å². The number of carbonyl (C=O) groups excluding carboxylic acids is 1. The average molecular weight is 265 g/mol. The van der Waals surface area contributed by atoms with Crippen LogP contribution in [-0.2, 0) is 4.79 Å². The second kappa shape index (κ2) is 3.90. The summed E-state index contributed by atoms with van der Waals surface area (Å²) in [7, 11) is 0. The van der Waals surface area contributed by atoms with Crippen LogP contribution in [-0.4, -0.2) is 12.1 Å². The van der Waals surface area contributed by atoms with E-state index in [1.165, 1.54) is 0 Å². The maximum absolute atomic E-state index is 12.2. The molecule has 2 aliphatic rings. The molecule has 2 bridgehead atoms. The van der Waals surface area contributed by atoms with Crippen LogP contribution < -0.4 is 10.6 Å². The van der Waals surface area contributed by atoms with Crippen molar-refractivity contribution < 1.29 is 4.79 Å². The molecule has 0 aromatic carbocycles. The number of rotatable bonds is 2. The zero-order chi connectivity index (χ0) is 13.6. The minimum Gasteiger partial charge on any atom is -0.354 e. The molecular formula is C12H13ClN4O. The Labute approximate surface area is 110 Å². The standard InChI is InChI=1S/C12H13ClN4O/c1-3-11(4-2)9-16-8(13)7(5-14)12(11,6-15)10(18)17-9/h9,16H,3-4H2,1-2H3,(H,17,18)/t9-,12-/m0/s1. The molecule has 94 valence electrons. The van der Waals surface area contributed by atoms with Gasteiger partial charge in [0.2, 0.25) is 5.91 Å². The molecule has 18 heavy (non-hydrogen) atoms. The van der Waals surface area contributed by atoms with Gasteiger partial charge in [-0.3, -0.25) is 4.79 Å². The van der Waals surface area contributed by atoms with E-state index in [0.717, 1.165) is 0 Å². The minimum atomic E-state index is -1.47. The van der Waals surface area contributed by atoms with Crippen molar-refractivity contribution in [2.45, 2.75) is 32.9 Å². The lowest BCUT2D eigenvalue weighted by atomic mass is 9.57. The summed E-state index contributed by atoms with van der Waals surface area (Å²) in [5, 5.41) is 24.6. The van der Waals surface area contributed by atoms with Gasteiger partial charge in [-0.05, 0) is 12.8 Å². The third-order valence-electron chi connectivity index (χ3n) is 4.32. The number of hydrogen-bond acceptors (Lipinski definition) is 4. The van der Waals surface area contributed by atoms with E-state index in [9.17, 15) is 15.3 Å². The third-order valence-corrected chi connectivity index (χ3v) is 4.62. The van der Waals surface area contributed by atoms with Gasteiger partial charge in [0.1, 0.15) is 17.4 Å². The fourth-order valence-electron chi connectivity index (χ4n) is 3.26. The number of nitrogens with zero attached hydrogens (tertiary/aromatic N) is 2. The van der Waals surface area contributed by atoms with Gasteiger partial charge in [0.05, 0.1) is 11.6 Å². The smallest absolute Gasteiger partial charge is 0.248 e. The number of amides is 1.